The van der Waals surface area contributed by atoms with E-state index in [0.29, 0.717) is 13.2 Å². The minimum absolute atomic E-state index is 0.128. The first kappa shape index (κ1) is 22.2. The number of carbonyl (C=O) groups excluding carboxylic acids is 2. The minimum atomic E-state index is -1.98. The summed E-state index contributed by atoms with van der Waals surface area (Å²) < 4.78 is 24.6. The second-order valence-corrected chi connectivity index (χ2v) is 5.87. The van der Waals surface area contributed by atoms with Gasteiger partial charge in [0.15, 0.2) is 6.10 Å². The third kappa shape index (κ3) is 12.3. The van der Waals surface area contributed by atoms with Gasteiger partial charge in [-0.15, -0.1) is 0 Å². The van der Waals surface area contributed by atoms with Gasteiger partial charge in [0.25, 0.3) is 0 Å². The fourth-order valence-electron chi connectivity index (χ4n) is 1.20. The van der Waals surface area contributed by atoms with Crippen molar-refractivity contribution in [3.05, 3.63) is 0 Å². The first-order chi connectivity index (χ1) is 10.9. The van der Waals surface area contributed by atoms with Gasteiger partial charge in [0, 0.05) is 19.4 Å². The molecule has 0 aromatic heterocycles. The molecule has 9 nitrogen and oxygen atoms in total. The summed E-state index contributed by atoms with van der Waals surface area (Å²) in [6, 6.07) is 0. The molecule has 0 fully saturated rings. The van der Waals surface area contributed by atoms with E-state index in [2.05, 4.69) is 4.67 Å². The molecule has 0 amide bonds. The third-order valence-electron chi connectivity index (χ3n) is 2.47. The Balaban J connectivity index is 4.30. The third-order valence-corrected chi connectivity index (χ3v) is 3.36. The fraction of sp³-hybridized carbons (Fsp3) is 0.846. The van der Waals surface area contributed by atoms with Crippen molar-refractivity contribution >= 4 is 20.5 Å². The van der Waals surface area contributed by atoms with Gasteiger partial charge >= 0.3 is 20.5 Å². The van der Waals surface area contributed by atoms with Crippen LogP contribution < -0.4 is 0 Å². The molecule has 0 aliphatic rings. The number of carbonyl (C=O) groups is 2. The van der Waals surface area contributed by atoms with E-state index < -0.39 is 26.6 Å². The second-order valence-electron chi connectivity index (χ2n) is 4.74. The quantitative estimate of drug-likeness (QED) is 0.228. The summed E-state index contributed by atoms with van der Waals surface area (Å²) in [6.07, 6.45) is -0.395. The maximum Gasteiger partial charge on any atom is 0.362 e. The van der Waals surface area contributed by atoms with Crippen molar-refractivity contribution in [1.82, 2.24) is 4.90 Å². The highest BCUT2D eigenvalue weighted by atomic mass is 31.2. The Kier molecular flexibility index (Phi) is 13.1. The van der Waals surface area contributed by atoms with E-state index in [1.54, 1.807) is 13.8 Å². The summed E-state index contributed by atoms with van der Waals surface area (Å²) in [6.45, 7) is 3.95. The molecule has 10 heteroatoms. The van der Waals surface area contributed by atoms with Crippen molar-refractivity contribution in [3.63, 3.8) is 0 Å². The number of rotatable bonds is 13. The largest absolute Gasteiger partial charge is 0.462 e. The van der Waals surface area contributed by atoms with E-state index in [9.17, 15) is 9.59 Å². The summed E-state index contributed by atoms with van der Waals surface area (Å²) in [5.74, 6) is -0.862. The van der Waals surface area contributed by atoms with Gasteiger partial charge < -0.3 is 23.4 Å². The van der Waals surface area contributed by atoms with Crippen LogP contribution in [0.1, 0.15) is 26.7 Å². The zero-order chi connectivity index (χ0) is 17.7. The van der Waals surface area contributed by atoms with Crippen LogP contribution in [0.5, 0.6) is 0 Å². The van der Waals surface area contributed by atoms with Crippen LogP contribution in [0.3, 0.4) is 0 Å². The zero-order valence-corrected chi connectivity index (χ0v) is 14.9. The number of hydrogen-bond donors (Lipinski definition) is 1. The Morgan fingerprint density at radius 3 is 2.26 bits per heavy atom. The fourth-order valence-corrected chi connectivity index (χ4v) is 1.89. The molecule has 0 bridgehead atoms. The summed E-state index contributed by atoms with van der Waals surface area (Å²) in [5.41, 5.74) is 0. The van der Waals surface area contributed by atoms with E-state index in [0.717, 1.165) is 0 Å². The molecule has 0 saturated heterocycles. The van der Waals surface area contributed by atoms with E-state index >= 15 is 0 Å². The molecule has 0 aliphatic heterocycles. The number of hydrogen-bond acceptors (Lipinski definition) is 9. The van der Waals surface area contributed by atoms with Crippen LogP contribution in [-0.2, 0) is 32.8 Å². The summed E-state index contributed by atoms with van der Waals surface area (Å²) >= 11 is 0. The Morgan fingerprint density at radius 2 is 1.74 bits per heavy atom. The van der Waals surface area contributed by atoms with Crippen molar-refractivity contribution in [2.45, 2.75) is 32.8 Å². The molecule has 23 heavy (non-hydrogen) atoms. The summed E-state index contributed by atoms with van der Waals surface area (Å²) in [5, 5.41) is 8.76. The molecule has 0 rings (SSSR count). The Bertz CT molecular complexity index is 342. The van der Waals surface area contributed by atoms with Crippen LogP contribution in [0.4, 0.5) is 0 Å². The Labute approximate surface area is 137 Å². The van der Waals surface area contributed by atoms with Crippen LogP contribution in [-0.4, -0.2) is 68.7 Å². The predicted octanol–water partition coefficient (Wildman–Crippen LogP) is 1.57. The molecule has 0 aliphatic carbocycles. The molecular formula is C13H26NO8P. The highest BCUT2D eigenvalue weighted by molar-refractivity contribution is 7.41. The average molecular weight is 355 g/mol. The predicted molar refractivity (Wildman–Crippen MR) is 82.5 cm³/mol. The summed E-state index contributed by atoms with van der Waals surface area (Å²) in [4.78, 5) is 24.4. The SMILES string of the molecule is CCC(=O)OCC(COP(OO)OCCN(C)C)OC(=O)CC. The van der Waals surface area contributed by atoms with Crippen molar-refractivity contribution in [3.8, 4) is 0 Å². The van der Waals surface area contributed by atoms with E-state index in [1.807, 2.05) is 19.0 Å². The van der Waals surface area contributed by atoms with Crippen LogP contribution >= 0.6 is 8.60 Å². The van der Waals surface area contributed by atoms with Gasteiger partial charge in [-0.1, -0.05) is 13.8 Å². The van der Waals surface area contributed by atoms with Crippen molar-refractivity contribution in [2.75, 3.05) is 40.5 Å². The topological polar surface area (TPSA) is 104 Å². The lowest BCUT2D eigenvalue weighted by molar-refractivity contribution is -0.166. The van der Waals surface area contributed by atoms with Crippen LogP contribution in [0.25, 0.3) is 0 Å². The zero-order valence-electron chi connectivity index (χ0n) is 14.0. The normalized spacial score (nSPS) is 13.7. The van der Waals surface area contributed by atoms with Gasteiger partial charge in [0.05, 0.1) is 13.2 Å². The van der Waals surface area contributed by atoms with E-state index in [-0.39, 0.29) is 26.1 Å². The van der Waals surface area contributed by atoms with Gasteiger partial charge in [-0.2, -0.15) is 4.67 Å². The first-order valence-electron chi connectivity index (χ1n) is 7.30. The standard InChI is InChI=1S/C13H26NO8P/c1-5-12(15)18-9-11(21-13(16)6-2)10-20-23(22-17)19-8-7-14(3)4/h11,17H,5-10H2,1-4H3. The van der Waals surface area contributed by atoms with Gasteiger partial charge in [0.2, 0.25) is 0 Å². The van der Waals surface area contributed by atoms with E-state index in [4.69, 9.17) is 23.8 Å². The maximum atomic E-state index is 11.4. The molecule has 2 unspecified atom stereocenters. The van der Waals surface area contributed by atoms with Crippen molar-refractivity contribution < 1.29 is 38.0 Å². The Hall–Kier alpha value is -0.830. The maximum absolute atomic E-state index is 11.4. The average Bonchev–Trinajstić information content (AvgIpc) is 2.54. The first-order valence-corrected chi connectivity index (χ1v) is 8.39. The van der Waals surface area contributed by atoms with Gasteiger partial charge in [0.1, 0.15) is 6.61 Å². The lowest BCUT2D eigenvalue weighted by Gasteiger charge is -2.20. The van der Waals surface area contributed by atoms with Crippen molar-refractivity contribution in [2.24, 2.45) is 0 Å². The molecule has 0 heterocycles. The van der Waals surface area contributed by atoms with Gasteiger partial charge in [-0.25, -0.2) is 5.26 Å². The van der Waals surface area contributed by atoms with E-state index in [1.165, 1.54) is 0 Å². The molecule has 0 saturated carbocycles. The monoisotopic (exact) mass is 355 g/mol. The van der Waals surface area contributed by atoms with Crippen LogP contribution in [0, 0.1) is 0 Å². The minimum Gasteiger partial charge on any atom is -0.462 e. The molecule has 136 valence electrons. The van der Waals surface area contributed by atoms with Crippen LogP contribution in [0.15, 0.2) is 0 Å². The molecule has 0 aromatic carbocycles. The smallest absolute Gasteiger partial charge is 0.362 e. The number of esters is 2. The highest BCUT2D eigenvalue weighted by Crippen LogP contribution is 2.38. The molecule has 0 aromatic rings. The molecule has 2 atom stereocenters. The number of nitrogens with zero attached hydrogens (tertiary/aromatic N) is 1. The molecule has 0 radical (unpaired) electrons. The Morgan fingerprint density at radius 1 is 1.09 bits per heavy atom. The second kappa shape index (κ2) is 13.6. The van der Waals surface area contributed by atoms with Crippen molar-refractivity contribution in [1.29, 1.82) is 0 Å². The van der Waals surface area contributed by atoms with Gasteiger partial charge in [-0.05, 0) is 14.1 Å². The van der Waals surface area contributed by atoms with Gasteiger partial charge in [-0.3, -0.25) is 9.59 Å². The molecule has 0 spiro atoms. The van der Waals surface area contributed by atoms with Crippen LogP contribution in [0.2, 0.25) is 0 Å². The summed E-state index contributed by atoms with van der Waals surface area (Å²) in [7, 11) is 1.76. The number of ether oxygens (including phenoxy) is 2. The lowest BCUT2D eigenvalue weighted by Crippen LogP contribution is -2.29. The number of likely N-dealkylation sites (N-methyl/N-ethyl adjacent to an activating group) is 1. The lowest BCUT2D eigenvalue weighted by atomic mass is 10.4. The molecule has 1 N–H and O–H groups in total. The highest BCUT2D eigenvalue weighted by Gasteiger charge is 2.21. The molecular weight excluding hydrogens is 329 g/mol.